The van der Waals surface area contributed by atoms with Gasteiger partial charge in [0.15, 0.2) is 0 Å². The van der Waals surface area contributed by atoms with Crippen LogP contribution in [0.2, 0.25) is 0 Å². The zero-order valence-corrected chi connectivity index (χ0v) is 21.9. The molecule has 10 nitrogen and oxygen atoms in total. The van der Waals surface area contributed by atoms with Gasteiger partial charge in [-0.2, -0.15) is 0 Å². The maximum Gasteiger partial charge on any atom is 0.474 e. The number of ether oxygens (including phenoxy) is 1. The summed E-state index contributed by atoms with van der Waals surface area (Å²) in [5.74, 6) is -4.63. The smallest absolute Gasteiger partial charge is 0.474 e. The second-order valence-corrected chi connectivity index (χ2v) is 9.99. The van der Waals surface area contributed by atoms with Crippen LogP contribution in [0.5, 0.6) is 0 Å². The summed E-state index contributed by atoms with van der Waals surface area (Å²) in [7, 11) is -3.61. The maximum atomic E-state index is 13.1. The van der Waals surface area contributed by atoms with Gasteiger partial charge in [-0.3, -0.25) is 32.9 Å². The Labute approximate surface area is 212 Å². The number of carbonyl (C=O) groups excluding carboxylic acids is 2. The number of rotatable bonds is 16. The van der Waals surface area contributed by atoms with E-state index in [1.807, 2.05) is 30.3 Å². The maximum absolute atomic E-state index is 13.1. The number of hydrogen-bond acceptors (Lipinski definition) is 9. The first-order chi connectivity index (χ1) is 17.2. The van der Waals surface area contributed by atoms with Crippen LogP contribution >= 0.6 is 7.82 Å². The third-order valence-electron chi connectivity index (χ3n) is 5.87. The minimum atomic E-state index is -3.61. The topological polar surface area (TPSA) is 129 Å². The molecule has 1 aromatic rings. The first-order valence-electron chi connectivity index (χ1n) is 12.0. The molecule has 2 unspecified atom stereocenters. The summed E-state index contributed by atoms with van der Waals surface area (Å²) in [6, 6.07) is 7.61. The Morgan fingerprint density at radius 2 is 1.64 bits per heavy atom. The van der Waals surface area contributed by atoms with Crippen molar-refractivity contribution in [3.8, 4) is 0 Å². The number of carboxylic acids is 1. The van der Waals surface area contributed by atoms with Gasteiger partial charge in [-0.15, -0.1) is 6.58 Å². The molecule has 1 heterocycles. The fourth-order valence-electron chi connectivity index (χ4n) is 4.43. The van der Waals surface area contributed by atoms with Crippen molar-refractivity contribution in [1.29, 1.82) is 0 Å². The fraction of sp³-hybridized carbons (Fsp3) is 0.560. The summed E-state index contributed by atoms with van der Waals surface area (Å²) >= 11 is 0. The van der Waals surface area contributed by atoms with E-state index < -0.39 is 43.7 Å². The van der Waals surface area contributed by atoms with Gasteiger partial charge in [-0.1, -0.05) is 36.4 Å². The predicted molar refractivity (Wildman–Crippen MR) is 132 cm³/mol. The summed E-state index contributed by atoms with van der Waals surface area (Å²) in [6.07, 6.45) is 2.24. The van der Waals surface area contributed by atoms with Crippen LogP contribution < -0.4 is 0 Å². The highest BCUT2D eigenvalue weighted by molar-refractivity contribution is 7.48. The Kier molecular flexibility index (Phi) is 11.9. The lowest BCUT2D eigenvalue weighted by atomic mass is 9.86. The number of phosphoric ester groups is 1. The highest BCUT2D eigenvalue weighted by Crippen LogP contribution is 2.49. The van der Waals surface area contributed by atoms with Crippen molar-refractivity contribution in [3.63, 3.8) is 0 Å². The number of likely N-dealkylation sites (tertiary alicyclic amines) is 1. The van der Waals surface area contributed by atoms with E-state index in [1.54, 1.807) is 18.7 Å². The molecule has 36 heavy (non-hydrogen) atoms. The average Bonchev–Trinajstić information content (AvgIpc) is 3.16. The lowest BCUT2D eigenvalue weighted by molar-refractivity contribution is -0.158. The lowest BCUT2D eigenvalue weighted by Crippen LogP contribution is -2.43. The van der Waals surface area contributed by atoms with Crippen molar-refractivity contribution in [1.82, 2.24) is 4.90 Å². The Morgan fingerprint density at radius 3 is 2.17 bits per heavy atom. The van der Waals surface area contributed by atoms with Gasteiger partial charge in [0, 0.05) is 12.6 Å². The monoisotopic (exact) mass is 525 g/mol. The van der Waals surface area contributed by atoms with Crippen molar-refractivity contribution >= 4 is 25.5 Å². The van der Waals surface area contributed by atoms with Gasteiger partial charge in [0.25, 0.3) is 0 Å². The van der Waals surface area contributed by atoms with Gasteiger partial charge in [0.1, 0.15) is 5.78 Å². The van der Waals surface area contributed by atoms with Gasteiger partial charge in [-0.05, 0) is 39.2 Å². The molecule has 2 rings (SSSR count). The number of hydrogen-bond donors (Lipinski definition) is 1. The van der Waals surface area contributed by atoms with Crippen molar-refractivity contribution in [2.24, 2.45) is 11.8 Å². The van der Waals surface area contributed by atoms with Gasteiger partial charge < -0.3 is 9.84 Å². The molecular weight excluding hydrogens is 489 g/mol. The summed E-state index contributed by atoms with van der Waals surface area (Å²) in [5.41, 5.74) is 0.880. The molecule has 4 atom stereocenters. The molecule has 1 saturated heterocycles. The van der Waals surface area contributed by atoms with Crippen LogP contribution in [0.1, 0.15) is 39.2 Å². The number of carboxylic acid groups (broad SMARTS) is 1. The summed E-state index contributed by atoms with van der Waals surface area (Å²) < 4.78 is 33.0. The highest BCUT2D eigenvalue weighted by Gasteiger charge is 2.56. The Hall–Kier alpha value is -2.36. The molecule has 1 fully saturated rings. The minimum Gasteiger partial charge on any atom is -0.481 e. The summed E-state index contributed by atoms with van der Waals surface area (Å²) in [6.45, 7) is 9.15. The second-order valence-electron chi connectivity index (χ2n) is 8.32. The fourth-order valence-corrected chi connectivity index (χ4v) is 5.63. The van der Waals surface area contributed by atoms with Crippen molar-refractivity contribution in [2.45, 2.75) is 52.2 Å². The molecule has 1 aliphatic heterocycles. The van der Waals surface area contributed by atoms with Gasteiger partial charge in [0.05, 0.1) is 44.3 Å². The molecule has 0 radical (unpaired) electrons. The molecule has 1 aromatic carbocycles. The van der Waals surface area contributed by atoms with Gasteiger partial charge >= 0.3 is 19.8 Å². The van der Waals surface area contributed by atoms with Crippen LogP contribution in [0.4, 0.5) is 0 Å². The number of aliphatic carboxylic acids is 1. The standard InChI is InChI=1S/C25H36NO9P/c1-5-20-21(24(28)29)22(23(18(4)27)26(20)17-19-13-9-8-10-14-19)25(30)32-15-11-12-16-35-36(31,33-6-2)34-7-3/h5,8-10,13-14,20-23H,1,6-7,11-12,15-17H2,2-4H3,(H,28,29)/t20-,21?,22?,23+/m1/s1. The number of nitrogens with zero attached hydrogens (tertiary/aromatic N) is 1. The summed E-state index contributed by atoms with van der Waals surface area (Å²) in [5, 5.41) is 9.96. The number of ketones is 1. The van der Waals surface area contributed by atoms with E-state index in [4.69, 9.17) is 18.3 Å². The van der Waals surface area contributed by atoms with E-state index in [0.717, 1.165) is 5.56 Å². The molecule has 11 heteroatoms. The first-order valence-corrected chi connectivity index (χ1v) is 13.5. The van der Waals surface area contributed by atoms with Gasteiger partial charge in [-0.25, -0.2) is 4.57 Å². The molecular formula is C25H36NO9P. The quantitative estimate of drug-likeness (QED) is 0.147. The molecule has 0 saturated carbocycles. The normalized spacial score (nSPS) is 22.3. The molecule has 0 spiro atoms. The molecule has 0 aromatic heterocycles. The minimum absolute atomic E-state index is 0.0132. The van der Waals surface area contributed by atoms with E-state index in [9.17, 15) is 24.1 Å². The Morgan fingerprint density at radius 1 is 1.03 bits per heavy atom. The van der Waals surface area contributed by atoms with E-state index in [0.29, 0.717) is 12.8 Å². The number of Topliss-reactive ketones (excluding diaryl/α,β-unsaturated/α-hetero) is 1. The average molecular weight is 526 g/mol. The molecule has 0 amide bonds. The number of carbonyl (C=O) groups is 3. The van der Waals surface area contributed by atoms with Crippen molar-refractivity contribution in [2.75, 3.05) is 26.4 Å². The van der Waals surface area contributed by atoms with Gasteiger partial charge in [0.2, 0.25) is 0 Å². The van der Waals surface area contributed by atoms with E-state index in [2.05, 4.69) is 6.58 Å². The third kappa shape index (κ3) is 7.82. The van der Waals surface area contributed by atoms with Crippen molar-refractivity contribution in [3.05, 3.63) is 48.6 Å². The number of unbranched alkanes of at least 4 members (excludes halogenated alkanes) is 1. The molecule has 1 N–H and O–H groups in total. The van der Waals surface area contributed by atoms with E-state index >= 15 is 0 Å². The van der Waals surface area contributed by atoms with Crippen LogP contribution in [0.15, 0.2) is 43.0 Å². The van der Waals surface area contributed by atoms with E-state index in [-0.39, 0.29) is 38.8 Å². The summed E-state index contributed by atoms with van der Waals surface area (Å²) in [4.78, 5) is 39.7. The SMILES string of the molecule is C=C[C@@H]1C(C(=O)O)C(C(=O)OCCCCOP(=O)(OCC)OCC)[C@H](C(C)=O)N1Cc1ccccc1. The predicted octanol–water partition coefficient (Wildman–Crippen LogP) is 3.85. The van der Waals surface area contributed by atoms with Crippen LogP contribution in [0.3, 0.4) is 0 Å². The highest BCUT2D eigenvalue weighted by atomic mass is 31.2. The lowest BCUT2D eigenvalue weighted by Gasteiger charge is -2.28. The number of benzene rings is 1. The van der Waals surface area contributed by atoms with Crippen LogP contribution in [0.25, 0.3) is 0 Å². The number of esters is 1. The Bertz CT molecular complexity index is 929. The molecule has 200 valence electrons. The zero-order chi connectivity index (χ0) is 26.7. The first kappa shape index (κ1) is 29.9. The molecule has 0 aliphatic carbocycles. The third-order valence-corrected chi connectivity index (χ3v) is 7.51. The van der Waals surface area contributed by atoms with Crippen LogP contribution in [-0.4, -0.2) is 66.2 Å². The largest absolute Gasteiger partial charge is 0.481 e. The van der Waals surface area contributed by atoms with Crippen LogP contribution in [0, 0.1) is 11.8 Å². The Balaban J connectivity index is 2.05. The van der Waals surface area contributed by atoms with E-state index in [1.165, 1.54) is 13.0 Å². The van der Waals surface area contributed by atoms with Crippen LogP contribution in [-0.2, 0) is 43.8 Å². The zero-order valence-electron chi connectivity index (χ0n) is 21.0. The number of phosphoric acid groups is 1. The molecule has 1 aliphatic rings. The van der Waals surface area contributed by atoms with Crippen molar-refractivity contribution < 1.29 is 42.4 Å². The second kappa shape index (κ2) is 14.4. The molecule has 0 bridgehead atoms.